The Labute approximate surface area is 108 Å². The lowest BCUT2D eigenvalue weighted by Crippen LogP contribution is -2.23. The summed E-state index contributed by atoms with van der Waals surface area (Å²) in [6.45, 7) is 3.26. The largest absolute Gasteiger partial charge is 0.477 e. The summed E-state index contributed by atoms with van der Waals surface area (Å²) in [5.74, 6) is 1.65. The molecular formula is C14H19N3O. The number of pyridine rings is 1. The summed E-state index contributed by atoms with van der Waals surface area (Å²) < 4.78 is 5.73. The lowest BCUT2D eigenvalue weighted by molar-refractivity contribution is 0.210. The van der Waals surface area contributed by atoms with Crippen LogP contribution in [0.4, 0.5) is 0 Å². The zero-order valence-electron chi connectivity index (χ0n) is 10.7. The Morgan fingerprint density at radius 1 is 1.44 bits per heavy atom. The summed E-state index contributed by atoms with van der Waals surface area (Å²) in [6.07, 6.45) is 3.62. The van der Waals surface area contributed by atoms with Crippen LogP contribution in [0.5, 0.6) is 5.88 Å². The van der Waals surface area contributed by atoms with Gasteiger partial charge < -0.3 is 10.5 Å². The van der Waals surface area contributed by atoms with Crippen molar-refractivity contribution in [1.82, 2.24) is 4.98 Å². The molecule has 4 nitrogen and oxygen atoms in total. The number of aromatic nitrogens is 1. The van der Waals surface area contributed by atoms with Crippen LogP contribution in [0.2, 0.25) is 0 Å². The van der Waals surface area contributed by atoms with E-state index in [1.54, 1.807) is 12.1 Å². The quantitative estimate of drug-likeness (QED) is 0.880. The molecule has 0 saturated heterocycles. The molecule has 2 rings (SSSR count). The molecule has 1 heterocycles. The number of nitrogens with zero attached hydrogens (tertiary/aromatic N) is 2. The molecule has 18 heavy (non-hydrogen) atoms. The molecule has 2 N–H and O–H groups in total. The topological polar surface area (TPSA) is 71.9 Å². The number of ether oxygens (including phenoxy) is 1. The Morgan fingerprint density at radius 2 is 2.22 bits per heavy atom. The van der Waals surface area contributed by atoms with Crippen LogP contribution in [0.3, 0.4) is 0 Å². The third-order valence-electron chi connectivity index (χ3n) is 3.62. The van der Waals surface area contributed by atoms with E-state index in [0.717, 1.165) is 12.2 Å². The van der Waals surface area contributed by atoms with Gasteiger partial charge in [-0.15, -0.1) is 0 Å². The van der Waals surface area contributed by atoms with Crippen molar-refractivity contribution in [2.24, 2.45) is 17.6 Å². The first kappa shape index (κ1) is 12.8. The number of hydrogen-bond donors (Lipinski definition) is 1. The third-order valence-corrected chi connectivity index (χ3v) is 3.62. The van der Waals surface area contributed by atoms with Crippen LogP contribution in [0.1, 0.15) is 30.5 Å². The van der Waals surface area contributed by atoms with Crippen LogP contribution < -0.4 is 10.5 Å². The molecule has 96 valence electrons. The minimum absolute atomic E-state index is 0.530. The molecule has 0 aliphatic heterocycles. The van der Waals surface area contributed by atoms with Crippen LogP contribution in [0, 0.1) is 30.1 Å². The molecule has 2 unspecified atom stereocenters. The number of nitrogens with two attached hydrogens (primary N) is 1. The number of aryl methyl sites for hydroxylation is 1. The second-order valence-corrected chi connectivity index (χ2v) is 4.95. The van der Waals surface area contributed by atoms with Gasteiger partial charge in [-0.2, -0.15) is 5.26 Å². The molecule has 1 saturated carbocycles. The molecule has 2 atom stereocenters. The summed E-state index contributed by atoms with van der Waals surface area (Å²) in [5.41, 5.74) is 7.16. The van der Waals surface area contributed by atoms with Gasteiger partial charge in [0.1, 0.15) is 0 Å². The second kappa shape index (κ2) is 5.83. The summed E-state index contributed by atoms with van der Waals surface area (Å²) in [5, 5.41) is 8.90. The fourth-order valence-corrected chi connectivity index (χ4v) is 2.61. The monoisotopic (exact) mass is 245 g/mol. The van der Waals surface area contributed by atoms with Gasteiger partial charge in [-0.3, -0.25) is 0 Å². The number of nitriles is 1. The van der Waals surface area contributed by atoms with E-state index in [1.165, 1.54) is 19.3 Å². The predicted molar refractivity (Wildman–Crippen MR) is 69.1 cm³/mol. The molecular weight excluding hydrogens is 226 g/mol. The number of hydrogen-bond acceptors (Lipinski definition) is 4. The minimum Gasteiger partial charge on any atom is -0.477 e. The molecule has 1 aromatic rings. The van der Waals surface area contributed by atoms with Crippen molar-refractivity contribution >= 4 is 0 Å². The minimum atomic E-state index is 0.530. The molecule has 0 amide bonds. The van der Waals surface area contributed by atoms with Gasteiger partial charge in [0.2, 0.25) is 5.88 Å². The Bertz CT molecular complexity index is 453. The zero-order valence-corrected chi connectivity index (χ0v) is 10.7. The molecule has 1 aliphatic carbocycles. The normalized spacial score (nSPS) is 22.7. The van der Waals surface area contributed by atoms with Crippen molar-refractivity contribution < 1.29 is 4.74 Å². The molecule has 0 radical (unpaired) electrons. The van der Waals surface area contributed by atoms with Gasteiger partial charge in [-0.25, -0.2) is 4.98 Å². The summed E-state index contributed by atoms with van der Waals surface area (Å²) in [6, 6.07) is 5.57. The summed E-state index contributed by atoms with van der Waals surface area (Å²) in [7, 11) is 0. The molecule has 1 aliphatic rings. The molecule has 0 bridgehead atoms. The van der Waals surface area contributed by atoms with E-state index < -0.39 is 0 Å². The van der Waals surface area contributed by atoms with Gasteiger partial charge in [-0.1, -0.05) is 6.42 Å². The molecule has 1 aromatic heterocycles. The van der Waals surface area contributed by atoms with E-state index in [0.29, 0.717) is 29.9 Å². The Kier molecular flexibility index (Phi) is 4.16. The first-order chi connectivity index (χ1) is 8.72. The van der Waals surface area contributed by atoms with E-state index >= 15 is 0 Å². The van der Waals surface area contributed by atoms with Crippen LogP contribution in [-0.4, -0.2) is 18.1 Å². The standard InChI is InChI=1S/C14H19N3O/c1-10-5-11(7-15)6-14(17-10)18-9-13-4-2-3-12(13)8-16/h5-6,12-13H,2-4,8-9,16H2,1H3. The third kappa shape index (κ3) is 2.99. The smallest absolute Gasteiger partial charge is 0.214 e. The predicted octanol–water partition coefficient (Wildman–Crippen LogP) is 2.02. The van der Waals surface area contributed by atoms with Gasteiger partial charge in [-0.05, 0) is 44.2 Å². The van der Waals surface area contributed by atoms with E-state index in [1.807, 2.05) is 6.92 Å². The fourth-order valence-electron chi connectivity index (χ4n) is 2.61. The summed E-state index contributed by atoms with van der Waals surface area (Å²) >= 11 is 0. The first-order valence-electron chi connectivity index (χ1n) is 6.44. The van der Waals surface area contributed by atoms with E-state index in [4.69, 9.17) is 15.7 Å². The van der Waals surface area contributed by atoms with Crippen molar-refractivity contribution in [3.63, 3.8) is 0 Å². The molecule has 4 heteroatoms. The van der Waals surface area contributed by atoms with E-state index in [2.05, 4.69) is 11.1 Å². The van der Waals surface area contributed by atoms with E-state index in [-0.39, 0.29) is 0 Å². The maximum atomic E-state index is 8.90. The van der Waals surface area contributed by atoms with Crippen molar-refractivity contribution in [1.29, 1.82) is 5.26 Å². The summed E-state index contributed by atoms with van der Waals surface area (Å²) in [4.78, 5) is 4.29. The van der Waals surface area contributed by atoms with Crippen molar-refractivity contribution in [2.45, 2.75) is 26.2 Å². The first-order valence-corrected chi connectivity index (χ1v) is 6.44. The van der Waals surface area contributed by atoms with Crippen molar-refractivity contribution in [3.8, 4) is 11.9 Å². The maximum Gasteiger partial charge on any atom is 0.214 e. The van der Waals surface area contributed by atoms with Gasteiger partial charge in [0.15, 0.2) is 0 Å². The number of rotatable bonds is 4. The van der Waals surface area contributed by atoms with Gasteiger partial charge in [0.25, 0.3) is 0 Å². The highest BCUT2D eigenvalue weighted by Crippen LogP contribution is 2.31. The lowest BCUT2D eigenvalue weighted by Gasteiger charge is -2.18. The highest BCUT2D eigenvalue weighted by Gasteiger charge is 2.26. The second-order valence-electron chi connectivity index (χ2n) is 4.95. The van der Waals surface area contributed by atoms with Crippen LogP contribution in [-0.2, 0) is 0 Å². The Morgan fingerprint density at radius 3 is 2.94 bits per heavy atom. The lowest BCUT2D eigenvalue weighted by atomic mass is 9.97. The zero-order chi connectivity index (χ0) is 13.0. The van der Waals surface area contributed by atoms with Crippen LogP contribution >= 0.6 is 0 Å². The van der Waals surface area contributed by atoms with Crippen LogP contribution in [0.15, 0.2) is 12.1 Å². The maximum absolute atomic E-state index is 8.90. The molecule has 0 spiro atoms. The Balaban J connectivity index is 1.98. The van der Waals surface area contributed by atoms with Crippen LogP contribution in [0.25, 0.3) is 0 Å². The molecule has 0 aromatic carbocycles. The van der Waals surface area contributed by atoms with E-state index in [9.17, 15) is 0 Å². The average Bonchev–Trinajstić information content (AvgIpc) is 2.83. The highest BCUT2D eigenvalue weighted by molar-refractivity contribution is 5.34. The van der Waals surface area contributed by atoms with Crippen molar-refractivity contribution in [3.05, 3.63) is 23.4 Å². The Hall–Kier alpha value is -1.60. The SMILES string of the molecule is Cc1cc(C#N)cc(OCC2CCCC2CN)n1. The van der Waals surface area contributed by atoms with Gasteiger partial charge in [0, 0.05) is 11.8 Å². The van der Waals surface area contributed by atoms with Gasteiger partial charge >= 0.3 is 0 Å². The fraction of sp³-hybridized carbons (Fsp3) is 0.571. The highest BCUT2D eigenvalue weighted by atomic mass is 16.5. The average molecular weight is 245 g/mol. The van der Waals surface area contributed by atoms with Crippen molar-refractivity contribution in [2.75, 3.05) is 13.2 Å². The van der Waals surface area contributed by atoms with Gasteiger partial charge in [0.05, 0.1) is 18.2 Å². The molecule has 1 fully saturated rings.